The molecular weight excluding hydrogens is 563 g/mol. The fourth-order valence-corrected chi connectivity index (χ4v) is 5.34. The molecule has 0 aliphatic carbocycles. The number of aliphatic hydroxyl groups is 2. The first-order valence-corrected chi connectivity index (χ1v) is 13.2. The minimum absolute atomic E-state index is 0.181. The minimum Gasteiger partial charge on any atom is -0.468 e. The molecule has 198 valence electrons. The highest BCUT2D eigenvalue weighted by Gasteiger charge is 2.42. The molecule has 0 spiro atoms. The number of hydrogen-bond acceptors (Lipinski definition) is 11. The number of benzene rings is 1. The maximum Gasteiger partial charge on any atom is 0.459 e. The average Bonchev–Trinajstić information content (AvgIpc) is 3.23. The van der Waals surface area contributed by atoms with Gasteiger partial charge in [-0.1, -0.05) is 21.0 Å². The van der Waals surface area contributed by atoms with Crippen molar-refractivity contribution in [1.29, 1.82) is 0 Å². The summed E-state index contributed by atoms with van der Waals surface area (Å²) in [5.74, 6) is -0.470. The summed E-state index contributed by atoms with van der Waals surface area (Å²) in [6.45, 7) is 2.77. The number of carbonyl (C=O) groups is 1. The monoisotopic (exact) mass is 590 g/mol. The van der Waals surface area contributed by atoms with Crippen LogP contribution < -0.4 is 14.9 Å². The van der Waals surface area contributed by atoms with Crippen LogP contribution in [0.3, 0.4) is 0 Å². The number of aliphatic hydroxyl groups excluding tert-OH is 2. The Kier molecular flexibility index (Phi) is 9.75. The van der Waals surface area contributed by atoms with Gasteiger partial charge in [-0.2, -0.15) is 5.09 Å². The lowest BCUT2D eigenvalue weighted by atomic mass is 10.1. The molecular formula is C20H28BrN6O8P. The van der Waals surface area contributed by atoms with Crippen molar-refractivity contribution in [2.45, 2.75) is 57.3 Å². The van der Waals surface area contributed by atoms with Crippen molar-refractivity contribution < 1.29 is 38.1 Å². The molecule has 2 aliphatic heterocycles. The van der Waals surface area contributed by atoms with Gasteiger partial charge in [0.15, 0.2) is 6.35 Å². The molecule has 1 aromatic carbocycles. The van der Waals surface area contributed by atoms with Crippen LogP contribution in [0.4, 0.5) is 0 Å². The van der Waals surface area contributed by atoms with Gasteiger partial charge in [0.1, 0.15) is 24.2 Å². The average molecular weight is 591 g/mol. The van der Waals surface area contributed by atoms with E-state index in [0.29, 0.717) is 5.57 Å². The molecule has 2 aliphatic rings. The van der Waals surface area contributed by atoms with Crippen molar-refractivity contribution in [3.05, 3.63) is 51.0 Å². The molecule has 36 heavy (non-hydrogen) atoms. The summed E-state index contributed by atoms with van der Waals surface area (Å²) >= 11 is 3.31. The molecule has 3 rings (SSSR count). The Morgan fingerprint density at radius 3 is 2.78 bits per heavy atom. The Balaban J connectivity index is 1.77. The maximum absolute atomic E-state index is 13.6. The zero-order valence-electron chi connectivity index (χ0n) is 19.7. The number of ether oxygens (including phenoxy) is 2. The molecule has 2 unspecified atom stereocenters. The Labute approximate surface area is 215 Å². The lowest BCUT2D eigenvalue weighted by molar-refractivity contribution is -0.142. The maximum atomic E-state index is 13.6. The summed E-state index contributed by atoms with van der Waals surface area (Å²) < 4.78 is 36.3. The number of azide groups is 1. The molecule has 1 saturated heterocycles. The second-order valence-corrected chi connectivity index (χ2v) is 10.7. The first kappa shape index (κ1) is 28.4. The predicted molar refractivity (Wildman–Crippen MR) is 130 cm³/mol. The van der Waals surface area contributed by atoms with E-state index in [9.17, 15) is 19.6 Å². The van der Waals surface area contributed by atoms with Crippen LogP contribution in [0.2, 0.25) is 0 Å². The molecule has 0 bridgehead atoms. The van der Waals surface area contributed by atoms with Crippen molar-refractivity contribution >= 4 is 29.6 Å². The van der Waals surface area contributed by atoms with Crippen molar-refractivity contribution in [2.24, 2.45) is 5.11 Å². The molecule has 14 nitrogen and oxygen atoms in total. The quantitative estimate of drug-likeness (QED) is 0.103. The van der Waals surface area contributed by atoms with Gasteiger partial charge >= 0.3 is 13.7 Å². The van der Waals surface area contributed by atoms with Crippen LogP contribution in [0.5, 0.6) is 5.75 Å². The van der Waals surface area contributed by atoms with Crippen LogP contribution in [-0.4, -0.2) is 71.8 Å². The zero-order chi connectivity index (χ0) is 26.5. The Bertz CT molecular complexity index is 1060. The van der Waals surface area contributed by atoms with Crippen LogP contribution in [0.15, 0.2) is 45.6 Å². The smallest absolute Gasteiger partial charge is 0.459 e. The van der Waals surface area contributed by atoms with Crippen LogP contribution in [0, 0.1) is 0 Å². The highest BCUT2D eigenvalue weighted by molar-refractivity contribution is 9.10. The number of nitrogens with one attached hydrogen (secondary N) is 2. The molecule has 2 heterocycles. The molecule has 16 heteroatoms. The van der Waals surface area contributed by atoms with Gasteiger partial charge in [-0.25, -0.2) is 9.88 Å². The third kappa shape index (κ3) is 7.19. The molecule has 0 radical (unpaired) electrons. The minimum atomic E-state index is -4.16. The van der Waals surface area contributed by atoms with E-state index in [2.05, 4.69) is 41.1 Å². The standard InChI is InChI=1S/C20H28BrN6O8P/c1-11-9-27(20(30)23-18(11)28)17-8-15(24-26-22)16(34-17)10-33-36(31,25-12(2)19(29)32-3)35-14-6-4-13(21)5-7-14/h4-7,9,12,15-18,20,23,28,30H,8,10H2,1-3H3,(H,25,31)/t12?,15-,16-,17-,18+,20+,36?/m1/s1. The van der Waals surface area contributed by atoms with E-state index in [-0.39, 0.29) is 18.8 Å². The normalized spacial score (nSPS) is 28.4. The van der Waals surface area contributed by atoms with E-state index >= 15 is 0 Å². The summed E-state index contributed by atoms with van der Waals surface area (Å²) in [7, 11) is -2.97. The van der Waals surface area contributed by atoms with E-state index in [0.717, 1.165) is 4.47 Å². The van der Waals surface area contributed by atoms with Crippen LogP contribution in [0.25, 0.3) is 10.4 Å². The van der Waals surface area contributed by atoms with Gasteiger partial charge in [0, 0.05) is 22.0 Å². The molecule has 7 atom stereocenters. The number of hydrogen-bond donors (Lipinski definition) is 4. The summed E-state index contributed by atoms with van der Waals surface area (Å²) in [5, 5.41) is 29.0. The number of methoxy groups -OCH3 is 1. The number of nitrogens with zero attached hydrogens (tertiary/aromatic N) is 4. The molecule has 1 aromatic rings. The summed E-state index contributed by atoms with van der Waals surface area (Å²) in [5.41, 5.74) is 9.56. The van der Waals surface area contributed by atoms with Crippen molar-refractivity contribution in [2.75, 3.05) is 13.7 Å². The van der Waals surface area contributed by atoms with Crippen molar-refractivity contribution in [1.82, 2.24) is 15.3 Å². The second-order valence-electron chi connectivity index (χ2n) is 8.11. The Morgan fingerprint density at radius 1 is 1.44 bits per heavy atom. The van der Waals surface area contributed by atoms with E-state index in [1.54, 1.807) is 31.2 Å². The van der Waals surface area contributed by atoms with E-state index in [4.69, 9.17) is 19.3 Å². The molecule has 0 aromatic heterocycles. The second kappa shape index (κ2) is 12.4. The largest absolute Gasteiger partial charge is 0.468 e. The summed E-state index contributed by atoms with van der Waals surface area (Å²) in [6.07, 6.45) is -2.17. The van der Waals surface area contributed by atoms with E-state index in [1.165, 1.54) is 25.1 Å². The van der Waals surface area contributed by atoms with Gasteiger partial charge in [-0.3, -0.25) is 9.32 Å². The van der Waals surface area contributed by atoms with Gasteiger partial charge in [-0.05, 0) is 49.2 Å². The van der Waals surface area contributed by atoms with Gasteiger partial charge in [0.05, 0.1) is 25.9 Å². The van der Waals surface area contributed by atoms with Crippen LogP contribution in [0.1, 0.15) is 20.3 Å². The van der Waals surface area contributed by atoms with Gasteiger partial charge < -0.3 is 29.1 Å². The molecule has 0 saturated carbocycles. The molecule has 1 fully saturated rings. The topological polar surface area (TPSA) is 188 Å². The number of esters is 1. The number of rotatable bonds is 10. The van der Waals surface area contributed by atoms with Gasteiger partial charge in [-0.15, -0.1) is 0 Å². The third-order valence-corrected chi connectivity index (χ3v) is 7.64. The Hall–Kier alpha value is -2.19. The number of carbonyl (C=O) groups excluding carboxylic acids is 1. The van der Waals surface area contributed by atoms with E-state index < -0.39 is 50.7 Å². The highest BCUT2D eigenvalue weighted by Crippen LogP contribution is 2.46. The molecule has 4 N–H and O–H groups in total. The predicted octanol–water partition coefficient (Wildman–Crippen LogP) is 2.30. The third-order valence-electron chi connectivity index (χ3n) is 5.46. The number of halogens is 1. The fraction of sp³-hybridized carbons (Fsp3) is 0.550. The lowest BCUT2D eigenvalue weighted by Crippen LogP contribution is -2.55. The van der Waals surface area contributed by atoms with Gasteiger partial charge in [0.25, 0.3) is 0 Å². The first-order chi connectivity index (χ1) is 17.0. The van der Waals surface area contributed by atoms with Crippen LogP contribution in [-0.2, 0) is 23.4 Å². The van der Waals surface area contributed by atoms with Crippen molar-refractivity contribution in [3.8, 4) is 5.75 Å². The SMILES string of the molecule is COC(=O)C(C)NP(=O)(OC[C@H]1O[C@@H](N2C=C(C)[C@H](O)N[C@@H]2O)C[C@H]1N=[N+]=[N-])Oc1ccc(Br)cc1. The zero-order valence-corrected chi connectivity index (χ0v) is 22.2. The first-order valence-electron chi connectivity index (χ1n) is 10.9. The summed E-state index contributed by atoms with van der Waals surface area (Å²) in [4.78, 5) is 16.2. The molecule has 0 amide bonds. The Morgan fingerprint density at radius 2 is 2.14 bits per heavy atom. The highest BCUT2D eigenvalue weighted by atomic mass is 79.9. The van der Waals surface area contributed by atoms with Crippen molar-refractivity contribution in [3.63, 3.8) is 0 Å². The van der Waals surface area contributed by atoms with Crippen LogP contribution >= 0.6 is 23.7 Å². The lowest BCUT2D eigenvalue weighted by Gasteiger charge is -2.38. The van der Waals surface area contributed by atoms with E-state index in [1.807, 2.05) is 0 Å². The van der Waals surface area contributed by atoms with Gasteiger partial charge in [0.2, 0.25) is 0 Å². The fourth-order valence-electron chi connectivity index (χ4n) is 3.57. The summed E-state index contributed by atoms with van der Waals surface area (Å²) in [6, 6.07) is 4.71.